The number of anilines is 2. The van der Waals surface area contributed by atoms with Crippen LogP contribution in [-0.2, 0) is 6.18 Å². The van der Waals surface area contributed by atoms with E-state index in [1.54, 1.807) is 12.1 Å². The molecule has 34 heavy (non-hydrogen) atoms. The Morgan fingerprint density at radius 2 is 1.62 bits per heavy atom. The van der Waals surface area contributed by atoms with Gasteiger partial charge in [-0.25, -0.2) is 9.18 Å². The van der Waals surface area contributed by atoms with E-state index in [4.69, 9.17) is 0 Å². The number of aryl methyl sites for hydroxylation is 1. The van der Waals surface area contributed by atoms with Crippen molar-refractivity contribution in [3.63, 3.8) is 0 Å². The van der Waals surface area contributed by atoms with E-state index < -0.39 is 23.6 Å². The molecule has 0 saturated carbocycles. The van der Waals surface area contributed by atoms with Crippen molar-refractivity contribution in [3.05, 3.63) is 95.3 Å². The summed E-state index contributed by atoms with van der Waals surface area (Å²) in [5, 5.41) is 5.22. The number of carbonyl (C=O) groups is 2. The molecule has 3 aromatic rings. The highest BCUT2D eigenvalue weighted by Gasteiger charge is 2.30. The molecule has 178 valence electrons. The second-order valence-corrected chi connectivity index (χ2v) is 7.61. The van der Waals surface area contributed by atoms with E-state index in [0.29, 0.717) is 17.7 Å². The van der Waals surface area contributed by atoms with Crippen molar-refractivity contribution in [2.24, 2.45) is 0 Å². The van der Waals surface area contributed by atoms with Gasteiger partial charge in [-0.1, -0.05) is 23.8 Å². The average molecular weight is 473 g/mol. The molecule has 3 amide bonds. The Morgan fingerprint density at radius 3 is 2.26 bits per heavy atom. The molecule has 0 aliphatic rings. The van der Waals surface area contributed by atoms with Crippen molar-refractivity contribution in [1.82, 2.24) is 5.32 Å². The van der Waals surface area contributed by atoms with Gasteiger partial charge < -0.3 is 10.6 Å². The van der Waals surface area contributed by atoms with Gasteiger partial charge in [0.25, 0.3) is 5.91 Å². The normalized spacial score (nSPS) is 11.1. The maximum atomic E-state index is 13.4. The van der Waals surface area contributed by atoms with Crippen molar-refractivity contribution in [2.45, 2.75) is 19.5 Å². The first-order chi connectivity index (χ1) is 16.1. The van der Waals surface area contributed by atoms with E-state index in [9.17, 15) is 27.2 Å². The van der Waals surface area contributed by atoms with Crippen molar-refractivity contribution in [2.75, 3.05) is 23.3 Å². The van der Waals surface area contributed by atoms with Crippen LogP contribution in [0.5, 0.6) is 0 Å². The molecule has 0 aliphatic heterocycles. The first kappa shape index (κ1) is 24.8. The summed E-state index contributed by atoms with van der Waals surface area (Å²) in [5.74, 6) is -0.755. The van der Waals surface area contributed by atoms with Crippen LogP contribution in [0.2, 0.25) is 0 Å². The van der Waals surface area contributed by atoms with E-state index in [0.717, 1.165) is 17.7 Å². The van der Waals surface area contributed by atoms with E-state index in [1.165, 1.54) is 41.3 Å². The largest absolute Gasteiger partial charge is 0.416 e. The van der Waals surface area contributed by atoms with Gasteiger partial charge in [0.2, 0.25) is 0 Å². The molecule has 0 spiro atoms. The predicted octanol–water partition coefficient (Wildman–Crippen LogP) is 6.01. The first-order valence-electron chi connectivity index (χ1n) is 10.5. The quantitative estimate of drug-likeness (QED) is 0.326. The highest BCUT2D eigenvalue weighted by Crippen LogP contribution is 2.30. The van der Waals surface area contributed by atoms with E-state index >= 15 is 0 Å². The molecule has 0 bridgehead atoms. The Labute approximate surface area is 194 Å². The molecule has 0 aromatic heterocycles. The summed E-state index contributed by atoms with van der Waals surface area (Å²) < 4.78 is 52.3. The molecule has 0 saturated heterocycles. The topological polar surface area (TPSA) is 61.4 Å². The zero-order chi connectivity index (χ0) is 24.7. The van der Waals surface area contributed by atoms with Gasteiger partial charge in [0, 0.05) is 30.0 Å². The first-order valence-corrected chi connectivity index (χ1v) is 10.5. The Balaban J connectivity index is 1.66. The van der Waals surface area contributed by atoms with Crippen LogP contribution in [0.25, 0.3) is 0 Å². The van der Waals surface area contributed by atoms with Crippen molar-refractivity contribution >= 4 is 23.3 Å². The zero-order valence-electron chi connectivity index (χ0n) is 18.3. The van der Waals surface area contributed by atoms with Crippen LogP contribution in [0.3, 0.4) is 0 Å². The zero-order valence-corrected chi connectivity index (χ0v) is 18.3. The molecule has 5 nitrogen and oxygen atoms in total. The number of hydrogen-bond donors (Lipinski definition) is 2. The molecule has 0 heterocycles. The molecule has 0 atom stereocenters. The number of amides is 3. The summed E-state index contributed by atoms with van der Waals surface area (Å²) >= 11 is 0. The Morgan fingerprint density at radius 1 is 0.941 bits per heavy atom. The second-order valence-electron chi connectivity index (χ2n) is 7.61. The van der Waals surface area contributed by atoms with Crippen LogP contribution < -0.4 is 15.5 Å². The number of halogens is 4. The fourth-order valence-corrected chi connectivity index (χ4v) is 3.18. The monoisotopic (exact) mass is 473 g/mol. The minimum Gasteiger partial charge on any atom is -0.352 e. The maximum absolute atomic E-state index is 13.4. The molecule has 0 fully saturated rings. The third-order valence-corrected chi connectivity index (χ3v) is 4.98. The summed E-state index contributed by atoms with van der Waals surface area (Å²) in [5.41, 5.74) is 0.967. The number of urea groups is 1. The summed E-state index contributed by atoms with van der Waals surface area (Å²) in [7, 11) is 0. The lowest BCUT2D eigenvalue weighted by molar-refractivity contribution is -0.137. The summed E-state index contributed by atoms with van der Waals surface area (Å²) in [6, 6.07) is 15.8. The molecule has 0 unspecified atom stereocenters. The predicted molar refractivity (Wildman–Crippen MR) is 122 cm³/mol. The Bertz CT molecular complexity index is 1130. The standard InChI is InChI=1S/C25H23F4N3O2/c1-17-6-8-18(9-7-17)23(33)30-14-3-15-32(22-12-10-20(26)11-13-22)24(34)31-21-5-2-4-19(16-21)25(27,28)29/h2,4-13,16H,3,14-15H2,1H3,(H,30,33)(H,31,34). The van der Waals surface area contributed by atoms with E-state index in [-0.39, 0.29) is 24.7 Å². The van der Waals surface area contributed by atoms with Gasteiger partial charge in [0.15, 0.2) is 0 Å². The van der Waals surface area contributed by atoms with Crippen molar-refractivity contribution in [3.8, 4) is 0 Å². The van der Waals surface area contributed by atoms with E-state index in [1.807, 2.05) is 19.1 Å². The smallest absolute Gasteiger partial charge is 0.352 e. The van der Waals surface area contributed by atoms with Crippen LogP contribution in [0.15, 0.2) is 72.8 Å². The van der Waals surface area contributed by atoms with Gasteiger partial charge in [-0.2, -0.15) is 13.2 Å². The van der Waals surface area contributed by atoms with Crippen LogP contribution in [0, 0.1) is 12.7 Å². The number of rotatable bonds is 7. The summed E-state index contributed by atoms with van der Waals surface area (Å²) in [6.45, 7) is 2.29. The van der Waals surface area contributed by atoms with Gasteiger partial charge in [-0.05, 0) is 67.9 Å². The lowest BCUT2D eigenvalue weighted by Gasteiger charge is -2.23. The van der Waals surface area contributed by atoms with Gasteiger partial charge in [-0.15, -0.1) is 0 Å². The van der Waals surface area contributed by atoms with Gasteiger partial charge in [0.05, 0.1) is 5.56 Å². The minimum atomic E-state index is -4.55. The van der Waals surface area contributed by atoms with Crippen molar-refractivity contribution in [1.29, 1.82) is 0 Å². The minimum absolute atomic E-state index is 0.0281. The number of benzene rings is 3. The van der Waals surface area contributed by atoms with Crippen LogP contribution in [-0.4, -0.2) is 25.0 Å². The fraction of sp³-hybridized carbons (Fsp3) is 0.200. The van der Waals surface area contributed by atoms with Gasteiger partial charge in [0.1, 0.15) is 5.82 Å². The molecule has 3 aromatic carbocycles. The maximum Gasteiger partial charge on any atom is 0.416 e. The fourth-order valence-electron chi connectivity index (χ4n) is 3.18. The molecule has 9 heteroatoms. The molecule has 0 radical (unpaired) electrons. The third-order valence-electron chi connectivity index (χ3n) is 4.98. The van der Waals surface area contributed by atoms with Crippen LogP contribution >= 0.6 is 0 Å². The molecule has 3 rings (SSSR count). The van der Waals surface area contributed by atoms with Crippen molar-refractivity contribution < 1.29 is 27.2 Å². The van der Waals surface area contributed by atoms with Crippen LogP contribution in [0.1, 0.15) is 27.9 Å². The molecular formula is C25H23F4N3O2. The lowest BCUT2D eigenvalue weighted by atomic mass is 10.1. The van der Waals surface area contributed by atoms with Crippen LogP contribution in [0.4, 0.5) is 33.7 Å². The molecule has 2 N–H and O–H groups in total. The van der Waals surface area contributed by atoms with Gasteiger partial charge >= 0.3 is 12.2 Å². The number of hydrogen-bond acceptors (Lipinski definition) is 2. The Hall–Kier alpha value is -3.88. The summed E-state index contributed by atoms with van der Waals surface area (Å²) in [6.07, 6.45) is -4.20. The number of alkyl halides is 3. The highest BCUT2D eigenvalue weighted by atomic mass is 19.4. The number of nitrogens with one attached hydrogen (secondary N) is 2. The van der Waals surface area contributed by atoms with Gasteiger partial charge in [-0.3, -0.25) is 9.69 Å². The number of carbonyl (C=O) groups excluding carboxylic acids is 2. The molecule has 0 aliphatic carbocycles. The third kappa shape index (κ3) is 6.81. The molecular weight excluding hydrogens is 450 g/mol. The average Bonchev–Trinajstić information content (AvgIpc) is 2.80. The SMILES string of the molecule is Cc1ccc(C(=O)NCCCN(C(=O)Nc2cccc(C(F)(F)F)c2)c2ccc(F)cc2)cc1. The highest BCUT2D eigenvalue weighted by molar-refractivity contribution is 6.01. The van der Waals surface area contributed by atoms with E-state index in [2.05, 4.69) is 10.6 Å². The Kier molecular flexibility index (Phi) is 7.88. The number of nitrogens with zero attached hydrogens (tertiary/aromatic N) is 1. The summed E-state index contributed by atoms with van der Waals surface area (Å²) in [4.78, 5) is 26.4. The second kappa shape index (κ2) is 10.8. The lowest BCUT2D eigenvalue weighted by Crippen LogP contribution is -2.37.